The first-order valence-electron chi connectivity index (χ1n) is 15.4. The predicted octanol–water partition coefficient (Wildman–Crippen LogP) is 0.355. The van der Waals surface area contributed by atoms with E-state index in [4.69, 9.17) is 32.5 Å². The highest BCUT2D eigenvalue weighted by Crippen LogP contribution is 2.50. The summed E-state index contributed by atoms with van der Waals surface area (Å²) in [6, 6.07) is 2.17. The molecular formula is C28H38FN6O13P. The fraction of sp³-hybridized carbons (Fsp3) is 0.643. The molecule has 0 aliphatic carbocycles. The maximum absolute atomic E-state index is 16.0. The average molecular weight is 717 g/mol. The molecule has 0 radical (unpaired) electrons. The Hall–Kier alpha value is -3.62. The fourth-order valence-corrected chi connectivity index (χ4v) is 6.84. The summed E-state index contributed by atoms with van der Waals surface area (Å²) < 4.78 is 70.0. The van der Waals surface area contributed by atoms with Crippen LogP contribution in [0.2, 0.25) is 0 Å². The van der Waals surface area contributed by atoms with Crippen LogP contribution in [0, 0.1) is 5.92 Å². The van der Waals surface area contributed by atoms with Crippen LogP contribution in [-0.4, -0.2) is 90.6 Å². The van der Waals surface area contributed by atoms with E-state index in [0.717, 1.165) is 27.5 Å². The zero-order valence-electron chi connectivity index (χ0n) is 27.2. The number of phosphoric ester groups is 1. The highest BCUT2D eigenvalue weighted by molar-refractivity contribution is 7.47. The number of ether oxygens (including phenoxy) is 4. The van der Waals surface area contributed by atoms with Crippen molar-refractivity contribution >= 4 is 7.82 Å². The van der Waals surface area contributed by atoms with Gasteiger partial charge in [-0.05, 0) is 27.7 Å². The number of H-pyrrole nitrogens is 2. The summed E-state index contributed by atoms with van der Waals surface area (Å²) in [6.07, 6.45) is -7.70. The van der Waals surface area contributed by atoms with Crippen molar-refractivity contribution in [1.82, 2.24) is 29.2 Å². The molecule has 0 saturated carbocycles. The molecule has 2 fully saturated rings. The molecule has 0 aromatic carbocycles. The summed E-state index contributed by atoms with van der Waals surface area (Å²) in [5, 5.41) is 3.97. The van der Waals surface area contributed by atoms with Crippen molar-refractivity contribution in [3.05, 3.63) is 77.9 Å². The van der Waals surface area contributed by atoms with Crippen LogP contribution in [0.25, 0.3) is 0 Å². The maximum Gasteiger partial charge on any atom is 0.472 e. The molecule has 49 heavy (non-hydrogen) atoms. The first kappa shape index (κ1) is 36.7. The van der Waals surface area contributed by atoms with Gasteiger partial charge < -0.3 is 28.4 Å². The number of rotatable bonds is 14. The highest BCUT2D eigenvalue weighted by atomic mass is 31.2. The Morgan fingerprint density at radius 3 is 2.12 bits per heavy atom. The van der Waals surface area contributed by atoms with Gasteiger partial charge in [0.25, 0.3) is 11.1 Å². The van der Waals surface area contributed by atoms with Crippen LogP contribution >= 0.6 is 7.82 Å². The van der Waals surface area contributed by atoms with Gasteiger partial charge in [-0.1, -0.05) is 5.16 Å². The zero-order chi connectivity index (χ0) is 35.6. The number of hydrogen-bond acceptors (Lipinski definition) is 14. The molecule has 21 heteroatoms. The third kappa shape index (κ3) is 8.58. The quantitative estimate of drug-likeness (QED) is 0.191. The smallest absolute Gasteiger partial charge is 0.376 e. The summed E-state index contributed by atoms with van der Waals surface area (Å²) in [4.78, 5) is 67.3. The van der Waals surface area contributed by atoms with E-state index < -0.39 is 85.4 Å². The van der Waals surface area contributed by atoms with Crippen LogP contribution < -0.4 is 22.5 Å². The minimum absolute atomic E-state index is 0.00149. The highest BCUT2D eigenvalue weighted by Gasteiger charge is 2.51. The molecule has 0 spiro atoms. The molecule has 270 valence electrons. The van der Waals surface area contributed by atoms with E-state index in [0.29, 0.717) is 0 Å². The SMILES string of the molecule is CO[C@@H]1[C@H](OP(=O)(O)OC(C)C)[C@@H](Cc2noc(C[C@H]3[C@@H](F)[C@H](n4ccc(=O)[nH]c4=O)O[C@@H]3COC(C)C)n2)O[C@H]1n1ccc(=O)[nH]c1=O. The Labute approximate surface area is 276 Å². The number of aromatic amines is 2. The van der Waals surface area contributed by atoms with Crippen LogP contribution in [0.3, 0.4) is 0 Å². The lowest BCUT2D eigenvalue weighted by atomic mass is 9.95. The third-order valence-corrected chi connectivity index (χ3v) is 8.98. The molecule has 3 aromatic heterocycles. The molecule has 3 N–H and O–H groups in total. The molecule has 0 bridgehead atoms. The van der Waals surface area contributed by atoms with Crippen molar-refractivity contribution in [3.63, 3.8) is 0 Å². The molecule has 0 amide bonds. The molecule has 5 heterocycles. The number of phosphoric acid groups is 1. The Morgan fingerprint density at radius 2 is 1.55 bits per heavy atom. The van der Waals surface area contributed by atoms with Crippen molar-refractivity contribution in [1.29, 1.82) is 0 Å². The van der Waals surface area contributed by atoms with Crippen molar-refractivity contribution in [2.45, 2.75) is 95.8 Å². The minimum atomic E-state index is -4.69. The van der Waals surface area contributed by atoms with E-state index in [1.807, 2.05) is 0 Å². The van der Waals surface area contributed by atoms with Gasteiger partial charge in [0.2, 0.25) is 5.89 Å². The van der Waals surface area contributed by atoms with Gasteiger partial charge in [0, 0.05) is 50.4 Å². The topological polar surface area (TPSA) is 241 Å². The number of nitrogens with zero attached hydrogens (tertiary/aromatic N) is 4. The van der Waals surface area contributed by atoms with Gasteiger partial charge in [-0.3, -0.25) is 37.7 Å². The molecule has 2 aliphatic rings. The van der Waals surface area contributed by atoms with Crippen LogP contribution in [0.5, 0.6) is 0 Å². The monoisotopic (exact) mass is 716 g/mol. The van der Waals surface area contributed by atoms with Crippen molar-refractivity contribution in [2.24, 2.45) is 5.92 Å². The molecule has 3 aromatic rings. The standard InChI is InChI=1S/C28H38FN6O13P/c1-13(2)43-12-17-15(22(29)25(45-17)34-8-6-19(36)31-27(34)38)10-21-30-18(33-46-21)11-16-23(48-49(40,41)47-14(3)4)24(42-5)26(44-16)35-9-7-20(37)32-28(35)39/h6-9,13-17,22-26H,10-12H2,1-5H3,(H,40,41)(H,31,36,38)(H,32,37,39)/t15-,16-,17-,22-,23-,24-,25-,26-/m1/s1. The van der Waals surface area contributed by atoms with E-state index >= 15 is 4.39 Å². The predicted molar refractivity (Wildman–Crippen MR) is 163 cm³/mol. The Balaban J connectivity index is 1.39. The van der Waals surface area contributed by atoms with Crippen molar-refractivity contribution in [2.75, 3.05) is 13.7 Å². The number of halogens is 1. The van der Waals surface area contributed by atoms with Crippen LogP contribution in [0.1, 0.15) is 51.9 Å². The third-order valence-electron chi connectivity index (χ3n) is 7.78. The van der Waals surface area contributed by atoms with Crippen molar-refractivity contribution < 1.29 is 46.4 Å². The normalized spacial score (nSPS) is 28.4. The van der Waals surface area contributed by atoms with Gasteiger partial charge in [-0.15, -0.1) is 0 Å². The number of nitrogens with one attached hydrogen (secondary N) is 2. The largest absolute Gasteiger partial charge is 0.472 e. The lowest BCUT2D eigenvalue weighted by Crippen LogP contribution is -2.39. The second-order valence-corrected chi connectivity index (χ2v) is 13.4. The van der Waals surface area contributed by atoms with E-state index in [9.17, 15) is 28.6 Å². The van der Waals surface area contributed by atoms with E-state index in [-0.39, 0.29) is 37.3 Å². The van der Waals surface area contributed by atoms with Gasteiger partial charge in [-0.2, -0.15) is 4.98 Å². The van der Waals surface area contributed by atoms with E-state index in [1.54, 1.807) is 13.8 Å². The summed E-state index contributed by atoms with van der Waals surface area (Å²) in [6.45, 7) is 6.64. The molecule has 2 saturated heterocycles. The van der Waals surface area contributed by atoms with Crippen molar-refractivity contribution in [3.8, 4) is 0 Å². The van der Waals surface area contributed by atoms with Crippen LogP contribution in [0.4, 0.5) is 4.39 Å². The Kier molecular flexibility index (Phi) is 11.3. The molecule has 1 unspecified atom stereocenters. The molecule has 5 rings (SSSR count). The Bertz CT molecular complexity index is 1870. The summed E-state index contributed by atoms with van der Waals surface area (Å²) >= 11 is 0. The van der Waals surface area contributed by atoms with Crippen LogP contribution in [0.15, 0.2) is 48.2 Å². The summed E-state index contributed by atoms with van der Waals surface area (Å²) in [5.74, 6) is -0.885. The molecular weight excluding hydrogens is 678 g/mol. The fourth-order valence-electron chi connectivity index (χ4n) is 5.70. The summed E-state index contributed by atoms with van der Waals surface area (Å²) in [7, 11) is -3.41. The van der Waals surface area contributed by atoms with Gasteiger partial charge in [0.1, 0.15) is 12.2 Å². The first-order valence-corrected chi connectivity index (χ1v) is 16.9. The lowest BCUT2D eigenvalue weighted by molar-refractivity contribution is -0.0683. The molecule has 2 aliphatic heterocycles. The Morgan fingerprint density at radius 1 is 0.939 bits per heavy atom. The minimum Gasteiger partial charge on any atom is -0.376 e. The second kappa shape index (κ2) is 15.1. The van der Waals surface area contributed by atoms with Gasteiger partial charge in [-0.25, -0.2) is 18.5 Å². The second-order valence-electron chi connectivity index (χ2n) is 12.1. The van der Waals surface area contributed by atoms with E-state index in [2.05, 4.69) is 20.1 Å². The average Bonchev–Trinajstić information content (AvgIpc) is 3.67. The molecule has 19 nitrogen and oxygen atoms in total. The van der Waals surface area contributed by atoms with Gasteiger partial charge in [0.05, 0.1) is 31.0 Å². The first-order chi connectivity index (χ1) is 23.1. The number of alkyl halides is 1. The van der Waals surface area contributed by atoms with Gasteiger partial charge >= 0.3 is 19.2 Å². The molecule has 9 atom stereocenters. The maximum atomic E-state index is 16.0. The number of aromatic nitrogens is 6. The lowest BCUT2D eigenvalue weighted by Gasteiger charge is -2.25. The zero-order valence-corrected chi connectivity index (χ0v) is 28.1. The van der Waals surface area contributed by atoms with Crippen LogP contribution in [-0.2, 0) is 45.4 Å². The number of hydrogen-bond donors (Lipinski definition) is 3. The summed E-state index contributed by atoms with van der Waals surface area (Å²) in [5.41, 5.74) is -2.98. The van der Waals surface area contributed by atoms with E-state index in [1.165, 1.54) is 27.2 Å². The van der Waals surface area contributed by atoms with Gasteiger partial charge in [0.15, 0.2) is 24.5 Å². The number of methoxy groups -OCH3 is 1.